The van der Waals surface area contributed by atoms with Gasteiger partial charge in [-0.05, 0) is 33.1 Å². The van der Waals surface area contributed by atoms with Gasteiger partial charge in [-0.2, -0.15) is 0 Å². The van der Waals surface area contributed by atoms with E-state index < -0.39 is 18.0 Å². The molecule has 0 unspecified atom stereocenters. The minimum atomic E-state index is -0.732. The average Bonchev–Trinajstić information content (AvgIpc) is 3.20. The highest BCUT2D eigenvalue weighted by Crippen LogP contribution is 2.23. The molecule has 2 saturated heterocycles. The molecular formula is C18H28N6O4. The maximum atomic E-state index is 12.7. The molecule has 0 bridgehead atoms. The standard InChI is InChI=1S/C18H28N6O4/c1-12-5-4-6-13(2)24(12)16(25)11-23-17(26)15(19-18(23)27)9-14-10-22(21-20-14)7-8-28-3/h10,12-13,15H,4-9,11H2,1-3H3,(H,19,27)/t12-,13-,15-/m0/s1. The second-order valence-electron chi connectivity index (χ2n) is 7.53. The van der Waals surface area contributed by atoms with Crippen LogP contribution in [0.3, 0.4) is 0 Å². The van der Waals surface area contributed by atoms with Gasteiger partial charge in [-0.25, -0.2) is 9.48 Å². The molecule has 10 nitrogen and oxygen atoms in total. The maximum absolute atomic E-state index is 12.7. The molecule has 0 aliphatic carbocycles. The van der Waals surface area contributed by atoms with E-state index in [0.29, 0.717) is 18.8 Å². The quantitative estimate of drug-likeness (QED) is 0.663. The van der Waals surface area contributed by atoms with Crippen molar-refractivity contribution in [3.05, 3.63) is 11.9 Å². The van der Waals surface area contributed by atoms with E-state index in [1.807, 2.05) is 13.8 Å². The lowest BCUT2D eigenvalue weighted by molar-refractivity contribution is -0.141. The average molecular weight is 392 g/mol. The van der Waals surface area contributed by atoms with E-state index in [-0.39, 0.29) is 31.0 Å². The Balaban J connectivity index is 1.60. The summed E-state index contributed by atoms with van der Waals surface area (Å²) in [7, 11) is 1.60. The first kappa shape index (κ1) is 20.2. The number of hydrogen-bond acceptors (Lipinski definition) is 6. The number of hydrogen-bond donors (Lipinski definition) is 1. The number of likely N-dealkylation sites (tertiary alicyclic amines) is 1. The normalized spacial score (nSPS) is 25.3. The summed E-state index contributed by atoms with van der Waals surface area (Å²) in [5, 5.41) is 10.7. The highest BCUT2D eigenvalue weighted by Gasteiger charge is 2.41. The number of carbonyl (C=O) groups excluding carboxylic acids is 3. The Labute approximate surface area is 164 Å². The Morgan fingerprint density at radius 2 is 2.00 bits per heavy atom. The molecule has 0 radical (unpaired) electrons. The highest BCUT2D eigenvalue weighted by atomic mass is 16.5. The Bertz CT molecular complexity index is 725. The summed E-state index contributed by atoms with van der Waals surface area (Å²) in [6.07, 6.45) is 4.93. The van der Waals surface area contributed by atoms with Gasteiger partial charge in [0.2, 0.25) is 5.91 Å². The molecule has 1 aromatic heterocycles. The molecule has 154 valence electrons. The molecule has 1 aromatic rings. The van der Waals surface area contributed by atoms with Crippen LogP contribution in [0.2, 0.25) is 0 Å². The zero-order valence-electron chi connectivity index (χ0n) is 16.6. The number of methoxy groups -OCH3 is 1. The number of piperidine rings is 1. The minimum absolute atomic E-state index is 0.120. The largest absolute Gasteiger partial charge is 0.383 e. The van der Waals surface area contributed by atoms with E-state index in [1.165, 1.54) is 0 Å². The van der Waals surface area contributed by atoms with Crippen molar-refractivity contribution in [2.24, 2.45) is 0 Å². The van der Waals surface area contributed by atoms with Crippen LogP contribution in [0.25, 0.3) is 0 Å². The summed E-state index contributed by atoms with van der Waals surface area (Å²) in [4.78, 5) is 40.5. The lowest BCUT2D eigenvalue weighted by Crippen LogP contribution is -2.52. The van der Waals surface area contributed by atoms with Crippen LogP contribution in [0.15, 0.2) is 6.20 Å². The Morgan fingerprint density at radius 1 is 1.29 bits per heavy atom. The summed E-state index contributed by atoms with van der Waals surface area (Å²) >= 11 is 0. The van der Waals surface area contributed by atoms with Gasteiger partial charge in [0.15, 0.2) is 0 Å². The second kappa shape index (κ2) is 8.68. The van der Waals surface area contributed by atoms with Crippen LogP contribution in [0, 0.1) is 0 Å². The van der Waals surface area contributed by atoms with Crippen molar-refractivity contribution in [1.29, 1.82) is 0 Å². The van der Waals surface area contributed by atoms with Crippen molar-refractivity contribution < 1.29 is 19.1 Å². The third kappa shape index (κ3) is 4.32. The molecule has 3 atom stereocenters. The van der Waals surface area contributed by atoms with Gasteiger partial charge in [0.05, 0.1) is 18.8 Å². The summed E-state index contributed by atoms with van der Waals surface area (Å²) in [5.41, 5.74) is 0.598. The maximum Gasteiger partial charge on any atom is 0.325 e. The lowest BCUT2D eigenvalue weighted by atomic mass is 9.97. The predicted octanol–water partition coefficient (Wildman–Crippen LogP) is 0.177. The Morgan fingerprint density at radius 3 is 2.68 bits per heavy atom. The summed E-state index contributed by atoms with van der Waals surface area (Å²) in [6.45, 7) is 4.85. The van der Waals surface area contributed by atoms with E-state index in [4.69, 9.17) is 4.74 Å². The zero-order chi connectivity index (χ0) is 20.3. The van der Waals surface area contributed by atoms with Crippen LogP contribution in [-0.2, 0) is 27.3 Å². The number of ether oxygens (including phenoxy) is 1. The van der Waals surface area contributed by atoms with Gasteiger partial charge in [0.1, 0.15) is 12.6 Å². The number of nitrogens with one attached hydrogen (secondary N) is 1. The zero-order valence-corrected chi connectivity index (χ0v) is 16.6. The molecule has 0 saturated carbocycles. The fourth-order valence-corrected chi connectivity index (χ4v) is 3.93. The van der Waals surface area contributed by atoms with Crippen molar-refractivity contribution >= 4 is 17.8 Å². The fraction of sp³-hybridized carbons (Fsp3) is 0.722. The SMILES string of the molecule is COCCn1cc(C[C@@H]2NC(=O)N(CC(=O)N3[C@@H](C)CCC[C@@H]3C)C2=O)nn1. The topological polar surface area (TPSA) is 110 Å². The predicted molar refractivity (Wildman–Crippen MR) is 99.3 cm³/mol. The van der Waals surface area contributed by atoms with E-state index in [9.17, 15) is 14.4 Å². The molecule has 3 heterocycles. The molecule has 4 amide bonds. The number of carbonyl (C=O) groups is 3. The van der Waals surface area contributed by atoms with Gasteiger partial charge in [-0.1, -0.05) is 5.21 Å². The third-order valence-corrected chi connectivity index (χ3v) is 5.41. The lowest BCUT2D eigenvalue weighted by Gasteiger charge is -2.39. The Hall–Kier alpha value is -2.49. The number of amides is 4. The minimum Gasteiger partial charge on any atom is -0.383 e. The molecular weight excluding hydrogens is 364 g/mol. The van der Waals surface area contributed by atoms with Crippen LogP contribution in [0.1, 0.15) is 38.8 Å². The smallest absolute Gasteiger partial charge is 0.325 e. The van der Waals surface area contributed by atoms with Crippen LogP contribution < -0.4 is 5.32 Å². The second-order valence-corrected chi connectivity index (χ2v) is 7.53. The van der Waals surface area contributed by atoms with Gasteiger partial charge < -0.3 is 15.0 Å². The number of imide groups is 1. The molecule has 2 fully saturated rings. The van der Waals surface area contributed by atoms with Crippen molar-refractivity contribution in [2.45, 2.75) is 64.2 Å². The number of aromatic nitrogens is 3. The van der Waals surface area contributed by atoms with E-state index in [0.717, 1.165) is 24.2 Å². The monoisotopic (exact) mass is 392 g/mol. The van der Waals surface area contributed by atoms with Gasteiger partial charge in [0.25, 0.3) is 5.91 Å². The van der Waals surface area contributed by atoms with Crippen molar-refractivity contribution in [3.8, 4) is 0 Å². The Kier molecular flexibility index (Phi) is 6.28. The van der Waals surface area contributed by atoms with Crippen molar-refractivity contribution in [3.63, 3.8) is 0 Å². The first-order valence-corrected chi connectivity index (χ1v) is 9.71. The van der Waals surface area contributed by atoms with Crippen molar-refractivity contribution in [2.75, 3.05) is 20.3 Å². The first-order valence-electron chi connectivity index (χ1n) is 9.71. The van der Waals surface area contributed by atoms with E-state index in [1.54, 1.807) is 22.9 Å². The number of rotatable bonds is 7. The molecule has 2 aliphatic rings. The van der Waals surface area contributed by atoms with Gasteiger partial charge in [-0.15, -0.1) is 5.10 Å². The molecule has 10 heteroatoms. The number of urea groups is 1. The van der Waals surface area contributed by atoms with Crippen LogP contribution in [0.4, 0.5) is 4.79 Å². The van der Waals surface area contributed by atoms with Crippen LogP contribution >= 0.6 is 0 Å². The molecule has 1 N–H and O–H groups in total. The van der Waals surface area contributed by atoms with Crippen LogP contribution in [-0.4, -0.2) is 81.0 Å². The molecule has 28 heavy (non-hydrogen) atoms. The van der Waals surface area contributed by atoms with Gasteiger partial charge >= 0.3 is 6.03 Å². The van der Waals surface area contributed by atoms with E-state index in [2.05, 4.69) is 15.6 Å². The fourth-order valence-electron chi connectivity index (χ4n) is 3.93. The van der Waals surface area contributed by atoms with Crippen LogP contribution in [0.5, 0.6) is 0 Å². The molecule has 0 spiro atoms. The molecule has 2 aliphatic heterocycles. The first-order chi connectivity index (χ1) is 13.4. The van der Waals surface area contributed by atoms with Gasteiger partial charge in [0, 0.05) is 31.8 Å². The molecule has 3 rings (SSSR count). The summed E-state index contributed by atoms with van der Waals surface area (Å²) < 4.78 is 6.62. The summed E-state index contributed by atoms with van der Waals surface area (Å²) in [6, 6.07) is -1.03. The van der Waals surface area contributed by atoms with Gasteiger partial charge in [-0.3, -0.25) is 14.5 Å². The summed E-state index contributed by atoms with van der Waals surface area (Å²) in [5.74, 6) is -0.587. The number of nitrogens with zero attached hydrogens (tertiary/aromatic N) is 5. The third-order valence-electron chi connectivity index (χ3n) is 5.41. The molecule has 0 aromatic carbocycles. The highest BCUT2D eigenvalue weighted by molar-refractivity contribution is 6.06. The van der Waals surface area contributed by atoms with Crippen molar-refractivity contribution in [1.82, 2.24) is 30.1 Å². The van der Waals surface area contributed by atoms with E-state index >= 15 is 0 Å².